The molecular formula is C16H21F2NO. The van der Waals surface area contributed by atoms with Crippen LogP contribution < -0.4 is 0 Å². The second kappa shape index (κ2) is 5.60. The lowest BCUT2D eigenvalue weighted by Crippen LogP contribution is -2.52. The van der Waals surface area contributed by atoms with Crippen LogP contribution in [0.5, 0.6) is 0 Å². The van der Waals surface area contributed by atoms with Crippen molar-refractivity contribution in [3.63, 3.8) is 0 Å². The molecule has 1 aromatic rings. The number of Topliss-reactive ketones (excluding diaryl/α,β-unsaturated/α-hetero) is 1. The van der Waals surface area contributed by atoms with E-state index in [0.29, 0.717) is 18.4 Å². The predicted octanol–water partition coefficient (Wildman–Crippen LogP) is 3.72. The van der Waals surface area contributed by atoms with Crippen LogP contribution >= 0.6 is 0 Å². The number of carbonyl (C=O) groups is 1. The van der Waals surface area contributed by atoms with Crippen LogP contribution in [0, 0.1) is 18.6 Å². The Kier molecular flexibility index (Phi) is 4.23. The Morgan fingerprint density at radius 1 is 1.15 bits per heavy atom. The summed E-state index contributed by atoms with van der Waals surface area (Å²) in [6, 6.07) is 2.54. The number of carbonyl (C=O) groups excluding carboxylic acids is 1. The molecule has 0 unspecified atom stereocenters. The molecule has 1 saturated carbocycles. The van der Waals surface area contributed by atoms with Crippen LogP contribution in [0.3, 0.4) is 0 Å². The minimum atomic E-state index is -0.770. The Morgan fingerprint density at radius 2 is 1.75 bits per heavy atom. The minimum absolute atomic E-state index is 0.305. The van der Waals surface area contributed by atoms with Crippen molar-refractivity contribution in [1.29, 1.82) is 0 Å². The predicted molar refractivity (Wildman–Crippen MR) is 74.9 cm³/mol. The maximum absolute atomic E-state index is 14.2. The summed E-state index contributed by atoms with van der Waals surface area (Å²) in [6.07, 6.45) is 4.22. The van der Waals surface area contributed by atoms with E-state index in [-0.39, 0.29) is 5.56 Å². The molecule has 0 N–H and O–H groups in total. The molecule has 1 aliphatic carbocycles. The summed E-state index contributed by atoms with van der Waals surface area (Å²) in [4.78, 5) is 14.7. The number of rotatable bonds is 3. The van der Waals surface area contributed by atoms with E-state index in [0.717, 1.165) is 19.3 Å². The maximum atomic E-state index is 14.2. The van der Waals surface area contributed by atoms with Crippen LogP contribution in [0.1, 0.15) is 48.0 Å². The maximum Gasteiger partial charge on any atom is 0.188 e. The first-order valence-corrected chi connectivity index (χ1v) is 7.07. The first kappa shape index (κ1) is 15.1. The van der Waals surface area contributed by atoms with Gasteiger partial charge in [0.05, 0.1) is 11.1 Å². The highest BCUT2D eigenvalue weighted by atomic mass is 19.1. The smallest absolute Gasteiger partial charge is 0.188 e. The van der Waals surface area contributed by atoms with Gasteiger partial charge in [-0.1, -0.05) is 25.3 Å². The summed E-state index contributed by atoms with van der Waals surface area (Å²) < 4.78 is 28.2. The van der Waals surface area contributed by atoms with Gasteiger partial charge in [0.25, 0.3) is 0 Å². The van der Waals surface area contributed by atoms with Crippen molar-refractivity contribution in [2.24, 2.45) is 0 Å². The van der Waals surface area contributed by atoms with Crippen LogP contribution in [0.2, 0.25) is 0 Å². The lowest BCUT2D eigenvalue weighted by molar-refractivity contribution is 0.0554. The van der Waals surface area contributed by atoms with Crippen LogP contribution in [0.25, 0.3) is 0 Å². The molecule has 0 aromatic heterocycles. The van der Waals surface area contributed by atoms with E-state index >= 15 is 0 Å². The average molecular weight is 281 g/mol. The third-order valence-electron chi connectivity index (χ3n) is 4.47. The van der Waals surface area contributed by atoms with E-state index in [1.165, 1.54) is 12.1 Å². The van der Waals surface area contributed by atoms with E-state index < -0.39 is 23.0 Å². The second-order valence-corrected chi connectivity index (χ2v) is 5.87. The molecule has 1 aromatic carbocycles. The summed E-state index contributed by atoms with van der Waals surface area (Å²) in [5.74, 6) is -1.90. The van der Waals surface area contributed by atoms with Crippen LogP contribution in [-0.2, 0) is 0 Å². The molecule has 4 heteroatoms. The fourth-order valence-electron chi connectivity index (χ4n) is 3.11. The Hall–Kier alpha value is -1.29. The van der Waals surface area contributed by atoms with Crippen molar-refractivity contribution in [3.05, 3.63) is 34.9 Å². The zero-order valence-electron chi connectivity index (χ0n) is 12.3. The first-order chi connectivity index (χ1) is 9.40. The standard InChI is InChI=1S/C16H21F2NO/c1-11-7-8-12(17)13(14(11)18)15(20)16(19(2)3)9-5-4-6-10-16/h7-8H,4-6,9-10H2,1-3H3. The molecule has 2 rings (SSSR count). The molecule has 0 amide bonds. The van der Waals surface area contributed by atoms with Crippen molar-refractivity contribution < 1.29 is 13.6 Å². The molecule has 0 atom stereocenters. The Labute approximate surface area is 118 Å². The zero-order valence-corrected chi connectivity index (χ0v) is 12.3. The second-order valence-electron chi connectivity index (χ2n) is 5.87. The molecule has 0 saturated heterocycles. The summed E-state index contributed by atoms with van der Waals surface area (Å²) in [5.41, 5.74) is -0.839. The van der Waals surface area contributed by atoms with Crippen molar-refractivity contribution in [3.8, 4) is 0 Å². The highest BCUT2D eigenvalue weighted by Crippen LogP contribution is 2.36. The van der Waals surface area contributed by atoms with E-state index in [1.54, 1.807) is 6.92 Å². The van der Waals surface area contributed by atoms with Gasteiger partial charge in [0.15, 0.2) is 5.78 Å². The molecule has 0 radical (unpaired) electrons. The summed E-state index contributed by atoms with van der Waals surface area (Å²) in [7, 11) is 3.63. The highest BCUT2D eigenvalue weighted by Gasteiger charge is 2.43. The van der Waals surface area contributed by atoms with Gasteiger partial charge in [-0.15, -0.1) is 0 Å². The number of nitrogens with zero attached hydrogens (tertiary/aromatic N) is 1. The van der Waals surface area contributed by atoms with Gasteiger partial charge in [-0.25, -0.2) is 8.78 Å². The number of aryl methyl sites for hydroxylation is 1. The molecule has 0 bridgehead atoms. The summed E-state index contributed by atoms with van der Waals surface area (Å²) >= 11 is 0. The van der Waals surface area contributed by atoms with Gasteiger partial charge < -0.3 is 0 Å². The SMILES string of the molecule is Cc1ccc(F)c(C(=O)C2(N(C)C)CCCCC2)c1F. The number of halogens is 2. The Morgan fingerprint density at radius 3 is 2.30 bits per heavy atom. The van der Waals surface area contributed by atoms with Crippen molar-refractivity contribution >= 4 is 5.78 Å². The van der Waals surface area contributed by atoms with Crippen molar-refractivity contribution in [2.45, 2.75) is 44.6 Å². The third kappa shape index (κ3) is 2.37. The number of benzene rings is 1. The van der Waals surface area contributed by atoms with Crippen molar-refractivity contribution in [1.82, 2.24) is 4.90 Å². The monoisotopic (exact) mass is 281 g/mol. The number of hydrogen-bond donors (Lipinski definition) is 0. The van der Waals surface area contributed by atoms with Gasteiger partial charge in [-0.05, 0) is 45.5 Å². The van der Waals surface area contributed by atoms with Gasteiger partial charge in [-0.3, -0.25) is 9.69 Å². The molecule has 1 fully saturated rings. The lowest BCUT2D eigenvalue weighted by Gasteiger charge is -2.41. The molecule has 2 nitrogen and oxygen atoms in total. The van der Waals surface area contributed by atoms with Gasteiger partial charge in [0.2, 0.25) is 0 Å². The van der Waals surface area contributed by atoms with Gasteiger partial charge >= 0.3 is 0 Å². The number of hydrogen-bond acceptors (Lipinski definition) is 2. The minimum Gasteiger partial charge on any atom is -0.297 e. The molecule has 20 heavy (non-hydrogen) atoms. The average Bonchev–Trinajstić information content (AvgIpc) is 2.43. The highest BCUT2D eigenvalue weighted by molar-refractivity contribution is 6.03. The van der Waals surface area contributed by atoms with Gasteiger partial charge in [0.1, 0.15) is 11.6 Å². The number of likely N-dealkylation sites (N-methyl/N-ethyl adjacent to an activating group) is 1. The summed E-state index contributed by atoms with van der Waals surface area (Å²) in [6.45, 7) is 1.55. The van der Waals surface area contributed by atoms with E-state index in [9.17, 15) is 13.6 Å². The molecular weight excluding hydrogens is 260 g/mol. The molecule has 0 spiro atoms. The zero-order chi connectivity index (χ0) is 14.9. The van der Waals surface area contributed by atoms with E-state index in [4.69, 9.17) is 0 Å². The quantitative estimate of drug-likeness (QED) is 0.787. The molecule has 1 aliphatic rings. The fourth-order valence-corrected chi connectivity index (χ4v) is 3.11. The normalized spacial score (nSPS) is 18.3. The fraction of sp³-hybridized carbons (Fsp3) is 0.562. The first-order valence-electron chi connectivity index (χ1n) is 7.07. The van der Waals surface area contributed by atoms with Gasteiger partial charge in [-0.2, -0.15) is 0 Å². The Bertz CT molecular complexity index is 519. The van der Waals surface area contributed by atoms with Crippen molar-refractivity contribution in [2.75, 3.05) is 14.1 Å². The van der Waals surface area contributed by atoms with E-state index in [2.05, 4.69) is 0 Å². The topological polar surface area (TPSA) is 20.3 Å². The van der Waals surface area contributed by atoms with E-state index in [1.807, 2.05) is 19.0 Å². The molecule has 0 aliphatic heterocycles. The summed E-state index contributed by atoms with van der Waals surface area (Å²) in [5, 5.41) is 0. The van der Waals surface area contributed by atoms with Gasteiger partial charge in [0, 0.05) is 0 Å². The number of ketones is 1. The third-order valence-corrected chi connectivity index (χ3v) is 4.47. The van der Waals surface area contributed by atoms with Crippen LogP contribution in [-0.4, -0.2) is 30.3 Å². The molecule has 110 valence electrons. The van der Waals surface area contributed by atoms with Crippen LogP contribution in [0.15, 0.2) is 12.1 Å². The lowest BCUT2D eigenvalue weighted by atomic mass is 9.75. The Balaban J connectivity index is 2.51. The largest absolute Gasteiger partial charge is 0.297 e. The molecule has 0 heterocycles. The van der Waals surface area contributed by atoms with Crippen LogP contribution in [0.4, 0.5) is 8.78 Å².